The van der Waals surface area contributed by atoms with Gasteiger partial charge in [0.05, 0.1) is 15.6 Å². The third-order valence-electron chi connectivity index (χ3n) is 3.13. The van der Waals surface area contributed by atoms with Gasteiger partial charge >= 0.3 is 0 Å². The van der Waals surface area contributed by atoms with E-state index in [2.05, 4.69) is 31.9 Å². The van der Waals surface area contributed by atoms with Crippen molar-refractivity contribution in [3.05, 3.63) is 62.5 Å². The summed E-state index contributed by atoms with van der Waals surface area (Å²) in [6.45, 7) is 1.79. The van der Waals surface area contributed by atoms with Gasteiger partial charge in [-0.25, -0.2) is 0 Å². The Kier molecular flexibility index (Phi) is 5.43. The molecule has 1 unspecified atom stereocenters. The van der Waals surface area contributed by atoms with Crippen molar-refractivity contribution in [3.8, 4) is 5.75 Å². The van der Waals surface area contributed by atoms with E-state index < -0.39 is 5.60 Å². The van der Waals surface area contributed by atoms with Crippen molar-refractivity contribution in [1.82, 2.24) is 0 Å². The monoisotopic (exact) mass is 414 g/mol. The van der Waals surface area contributed by atoms with Crippen LogP contribution in [0, 0.1) is 0 Å². The summed E-state index contributed by atoms with van der Waals surface area (Å²) in [6.07, 6.45) is 0. The third-order valence-corrected chi connectivity index (χ3v) is 4.31. The van der Waals surface area contributed by atoms with Crippen molar-refractivity contribution in [2.45, 2.75) is 19.1 Å². The molecule has 2 aromatic carbocycles. The first kappa shape index (κ1) is 16.5. The zero-order valence-electron chi connectivity index (χ0n) is 11.5. The molecule has 0 fully saturated rings. The van der Waals surface area contributed by atoms with Gasteiger partial charge in [-0.1, -0.05) is 30.3 Å². The minimum atomic E-state index is -1.09. The Labute approximate surface area is 140 Å². The predicted octanol–water partition coefficient (Wildman–Crippen LogP) is 3.99. The highest BCUT2D eigenvalue weighted by Gasteiger charge is 2.24. The highest BCUT2D eigenvalue weighted by atomic mass is 79.9. The van der Waals surface area contributed by atoms with Gasteiger partial charge in [0.1, 0.15) is 18.0 Å². The second-order valence-electron chi connectivity index (χ2n) is 4.98. The third kappa shape index (κ3) is 4.07. The summed E-state index contributed by atoms with van der Waals surface area (Å²) in [4.78, 5) is 0. The molecule has 2 rings (SSSR count). The van der Waals surface area contributed by atoms with E-state index >= 15 is 0 Å². The molecular weight excluding hydrogens is 400 g/mol. The summed E-state index contributed by atoms with van der Waals surface area (Å²) in [7, 11) is 0. The number of hydrogen-bond donors (Lipinski definition) is 2. The van der Waals surface area contributed by atoms with E-state index in [1.807, 2.05) is 30.3 Å². The molecule has 0 aliphatic heterocycles. The molecule has 0 heterocycles. The lowest BCUT2D eigenvalue weighted by Gasteiger charge is -2.24. The van der Waals surface area contributed by atoms with Crippen molar-refractivity contribution < 1.29 is 14.9 Å². The first-order valence-electron chi connectivity index (χ1n) is 6.43. The molecule has 0 bridgehead atoms. The lowest BCUT2D eigenvalue weighted by molar-refractivity contribution is 0.00709. The lowest BCUT2D eigenvalue weighted by atomic mass is 9.97. The van der Waals surface area contributed by atoms with Gasteiger partial charge in [0.25, 0.3) is 0 Å². The van der Waals surface area contributed by atoms with Crippen LogP contribution in [0.25, 0.3) is 0 Å². The molecule has 1 atom stereocenters. The first-order chi connectivity index (χ1) is 9.94. The number of hydrogen-bond acceptors (Lipinski definition) is 3. The Balaban J connectivity index is 2.17. The van der Waals surface area contributed by atoms with Crippen LogP contribution in [0.1, 0.15) is 18.1 Å². The van der Waals surface area contributed by atoms with E-state index in [1.54, 1.807) is 19.1 Å². The maximum absolute atomic E-state index is 10.5. The van der Waals surface area contributed by atoms with Crippen LogP contribution in [-0.2, 0) is 12.2 Å². The molecule has 0 radical (unpaired) electrons. The van der Waals surface area contributed by atoms with Crippen LogP contribution in [0.15, 0.2) is 51.4 Å². The van der Waals surface area contributed by atoms with Gasteiger partial charge in [-0.05, 0) is 62.0 Å². The zero-order valence-corrected chi connectivity index (χ0v) is 14.7. The molecule has 21 heavy (non-hydrogen) atoms. The van der Waals surface area contributed by atoms with E-state index in [-0.39, 0.29) is 13.2 Å². The van der Waals surface area contributed by atoms with Gasteiger partial charge in [-0.3, -0.25) is 0 Å². The Morgan fingerprint density at radius 2 is 1.67 bits per heavy atom. The van der Waals surface area contributed by atoms with Crippen LogP contribution in [0.4, 0.5) is 0 Å². The van der Waals surface area contributed by atoms with Crippen LogP contribution in [0.5, 0.6) is 5.75 Å². The van der Waals surface area contributed by atoms with Crippen molar-refractivity contribution >= 4 is 31.9 Å². The topological polar surface area (TPSA) is 49.7 Å². The maximum atomic E-state index is 10.5. The van der Waals surface area contributed by atoms with E-state index in [0.717, 1.165) is 20.1 Å². The van der Waals surface area contributed by atoms with Crippen molar-refractivity contribution in [1.29, 1.82) is 0 Å². The molecule has 2 N–H and O–H groups in total. The van der Waals surface area contributed by atoms with Gasteiger partial charge in [-0.15, -0.1) is 0 Å². The number of aliphatic hydroxyl groups excluding tert-OH is 1. The second kappa shape index (κ2) is 6.92. The average Bonchev–Trinajstić information content (AvgIpc) is 2.47. The molecule has 3 nitrogen and oxygen atoms in total. The van der Waals surface area contributed by atoms with Crippen molar-refractivity contribution in [2.75, 3.05) is 6.61 Å². The number of ether oxygens (including phenoxy) is 1. The molecule has 0 spiro atoms. The van der Waals surface area contributed by atoms with Crippen molar-refractivity contribution in [2.24, 2.45) is 0 Å². The number of halogens is 2. The molecule has 0 saturated heterocycles. The summed E-state index contributed by atoms with van der Waals surface area (Å²) in [5.41, 5.74) is 0.482. The van der Waals surface area contributed by atoms with E-state index in [9.17, 15) is 5.11 Å². The summed E-state index contributed by atoms with van der Waals surface area (Å²) < 4.78 is 7.21. The zero-order chi connectivity index (χ0) is 15.5. The summed E-state index contributed by atoms with van der Waals surface area (Å²) in [5, 5.41) is 19.7. The molecule has 0 aliphatic rings. The van der Waals surface area contributed by atoms with Gasteiger partial charge in [0.2, 0.25) is 0 Å². The Hall–Kier alpha value is -0.880. The standard InChI is InChI=1S/C16H16Br2O3/c1-16(20,12-5-3-2-4-6-12)10-21-15-13(17)7-11(9-19)8-14(15)18/h2-8,19-20H,9-10H2,1H3. The van der Waals surface area contributed by atoms with Gasteiger partial charge in [0.15, 0.2) is 0 Å². The van der Waals surface area contributed by atoms with Crippen molar-refractivity contribution in [3.63, 3.8) is 0 Å². The van der Waals surface area contributed by atoms with Gasteiger partial charge < -0.3 is 14.9 Å². The SMILES string of the molecule is CC(O)(COc1c(Br)cc(CO)cc1Br)c1ccccc1. The van der Waals surface area contributed by atoms with E-state index in [1.165, 1.54) is 0 Å². The minimum absolute atomic E-state index is 0.0424. The van der Waals surface area contributed by atoms with Crippen LogP contribution in [-0.4, -0.2) is 16.8 Å². The van der Waals surface area contributed by atoms with E-state index in [0.29, 0.717) is 5.75 Å². The van der Waals surface area contributed by atoms with Gasteiger partial charge in [-0.2, -0.15) is 0 Å². The van der Waals surface area contributed by atoms with Crippen LogP contribution < -0.4 is 4.74 Å². The molecule has 5 heteroatoms. The molecule has 0 aliphatic carbocycles. The molecule has 0 saturated carbocycles. The largest absolute Gasteiger partial charge is 0.488 e. The fraction of sp³-hybridized carbons (Fsp3) is 0.250. The molecule has 2 aromatic rings. The van der Waals surface area contributed by atoms with Crippen LogP contribution >= 0.6 is 31.9 Å². The summed E-state index contributed by atoms with van der Waals surface area (Å²) in [6, 6.07) is 13.0. The molecular formula is C16H16Br2O3. The number of rotatable bonds is 5. The van der Waals surface area contributed by atoms with Crippen LogP contribution in [0.2, 0.25) is 0 Å². The highest BCUT2D eigenvalue weighted by molar-refractivity contribution is 9.11. The molecule has 112 valence electrons. The number of aliphatic hydroxyl groups is 2. The fourth-order valence-corrected chi connectivity index (χ4v) is 3.44. The average molecular weight is 416 g/mol. The quantitative estimate of drug-likeness (QED) is 0.776. The smallest absolute Gasteiger partial charge is 0.147 e. The molecule has 0 amide bonds. The Bertz CT molecular complexity index is 589. The fourth-order valence-electron chi connectivity index (χ4n) is 1.93. The first-order valence-corrected chi connectivity index (χ1v) is 8.02. The maximum Gasteiger partial charge on any atom is 0.147 e. The lowest BCUT2D eigenvalue weighted by Crippen LogP contribution is -2.29. The normalized spacial score (nSPS) is 13.8. The highest BCUT2D eigenvalue weighted by Crippen LogP contribution is 2.36. The molecule has 0 aromatic heterocycles. The Morgan fingerprint density at radius 3 is 2.19 bits per heavy atom. The summed E-state index contributed by atoms with van der Waals surface area (Å²) >= 11 is 6.83. The number of benzene rings is 2. The van der Waals surface area contributed by atoms with E-state index in [4.69, 9.17) is 9.84 Å². The minimum Gasteiger partial charge on any atom is -0.488 e. The summed E-state index contributed by atoms with van der Waals surface area (Å²) in [5.74, 6) is 0.600. The second-order valence-corrected chi connectivity index (χ2v) is 6.68. The van der Waals surface area contributed by atoms with Crippen LogP contribution in [0.3, 0.4) is 0 Å². The Morgan fingerprint density at radius 1 is 1.10 bits per heavy atom. The van der Waals surface area contributed by atoms with Gasteiger partial charge in [0, 0.05) is 0 Å². The predicted molar refractivity (Wildman–Crippen MR) is 89.3 cm³/mol.